The molecule has 0 saturated carbocycles. The smallest absolute Gasteiger partial charge is 0.335 e. The SMILES string of the molecule is CNNC(CCSC)C(=O)N1CCN(Cc2cccc(C(=O)Nc3sc4c(c3C(=O)Nc3cc(F)c(CCc5ccc(C(=O)O)cc5)c(F)c3)CCCC4)c2)C(C)(C)C1. The number of rotatable bonds is 16. The number of hydrogen-bond acceptors (Lipinski definition) is 9. The number of anilines is 2. The van der Waals surface area contributed by atoms with E-state index in [-0.39, 0.29) is 53.1 Å². The van der Waals surface area contributed by atoms with Crippen LogP contribution in [-0.2, 0) is 37.0 Å². The molecule has 1 aliphatic carbocycles. The highest BCUT2D eigenvalue weighted by Gasteiger charge is 2.37. The number of piperazine rings is 1. The van der Waals surface area contributed by atoms with Gasteiger partial charge in [-0.1, -0.05) is 24.3 Å². The molecule has 6 rings (SSSR count). The third-order valence-corrected chi connectivity index (χ3v) is 12.9. The standard InChI is InChI=1S/C44H52F2N6O5S2/c1-44(2)26-51(42(55)36(50-47-3)18-21-58-4)19-20-52(44)25-28-8-7-9-30(22-28)39(53)49-41-38(33-10-5-6-11-37(33)59-41)40(54)48-31-23-34(45)32(35(46)24-31)17-14-27-12-15-29(16-13-27)43(56)57/h7-9,12-13,15-16,22-24,36,47,50H,5-6,10-11,14,17-21,25-26H2,1-4H3,(H,48,54)(H,49,53)(H,56,57). The van der Waals surface area contributed by atoms with Gasteiger partial charge in [0.15, 0.2) is 0 Å². The van der Waals surface area contributed by atoms with E-state index in [1.165, 1.54) is 23.5 Å². The number of thioether (sulfide) groups is 1. The zero-order valence-electron chi connectivity index (χ0n) is 33.9. The number of nitrogens with one attached hydrogen (secondary N) is 4. The number of amides is 3. The molecule has 2 aliphatic rings. The number of thiophene rings is 1. The molecule has 1 saturated heterocycles. The van der Waals surface area contributed by atoms with Gasteiger partial charge in [-0.05, 0) is 131 Å². The molecule has 314 valence electrons. The van der Waals surface area contributed by atoms with Gasteiger partial charge in [-0.2, -0.15) is 11.8 Å². The zero-order chi connectivity index (χ0) is 42.3. The largest absolute Gasteiger partial charge is 0.478 e. The quantitative estimate of drug-likeness (QED) is 0.0743. The Hall–Kier alpha value is -4.67. The second-order valence-electron chi connectivity index (χ2n) is 15.7. The summed E-state index contributed by atoms with van der Waals surface area (Å²) in [6.07, 6.45) is 6.33. The maximum Gasteiger partial charge on any atom is 0.335 e. The molecule has 3 amide bonds. The lowest BCUT2D eigenvalue weighted by Gasteiger charge is -2.48. The Balaban J connectivity index is 1.12. The average molecular weight is 847 g/mol. The highest BCUT2D eigenvalue weighted by molar-refractivity contribution is 7.98. The molecule has 5 N–H and O–H groups in total. The molecule has 0 bridgehead atoms. The molecule has 1 aromatic heterocycles. The molecule has 1 fully saturated rings. The number of carboxylic acid groups (broad SMARTS) is 1. The second-order valence-corrected chi connectivity index (χ2v) is 17.8. The number of halogens is 2. The third-order valence-electron chi connectivity index (χ3n) is 11.1. The van der Waals surface area contributed by atoms with E-state index < -0.39 is 23.5 Å². The number of nitrogens with zero attached hydrogens (tertiary/aromatic N) is 2. The fourth-order valence-electron chi connectivity index (χ4n) is 7.85. The van der Waals surface area contributed by atoms with Crippen LogP contribution in [0.15, 0.2) is 60.7 Å². The minimum atomic E-state index is -1.06. The average Bonchev–Trinajstić information content (AvgIpc) is 3.57. The van der Waals surface area contributed by atoms with E-state index in [2.05, 4.69) is 40.2 Å². The number of carbonyl (C=O) groups excluding carboxylic acids is 3. The predicted molar refractivity (Wildman–Crippen MR) is 231 cm³/mol. The van der Waals surface area contributed by atoms with Crippen molar-refractivity contribution in [3.63, 3.8) is 0 Å². The Morgan fingerprint density at radius 3 is 2.31 bits per heavy atom. The number of fused-ring (bicyclic) bond motifs is 1. The Kier molecular flexibility index (Phi) is 14.6. The zero-order valence-corrected chi connectivity index (χ0v) is 35.5. The van der Waals surface area contributed by atoms with Gasteiger partial charge in [0.25, 0.3) is 11.8 Å². The molecular formula is C44H52F2N6O5S2. The number of aryl methyl sites for hydroxylation is 2. The Morgan fingerprint density at radius 2 is 1.63 bits per heavy atom. The van der Waals surface area contributed by atoms with Crippen molar-refractivity contribution in [2.24, 2.45) is 0 Å². The fourth-order valence-corrected chi connectivity index (χ4v) is 9.60. The monoisotopic (exact) mass is 846 g/mol. The fraction of sp³-hybridized carbons (Fsp3) is 0.409. The first-order chi connectivity index (χ1) is 28.3. The molecule has 59 heavy (non-hydrogen) atoms. The normalized spacial score (nSPS) is 15.7. The van der Waals surface area contributed by atoms with Gasteiger partial charge in [0.1, 0.15) is 22.7 Å². The maximum atomic E-state index is 15.3. The topological polar surface area (TPSA) is 143 Å². The summed E-state index contributed by atoms with van der Waals surface area (Å²) in [4.78, 5) is 57.6. The number of hydrogen-bond donors (Lipinski definition) is 5. The van der Waals surface area contributed by atoms with Crippen LogP contribution in [-0.4, -0.2) is 88.9 Å². The van der Waals surface area contributed by atoms with E-state index in [9.17, 15) is 19.2 Å². The molecule has 0 spiro atoms. The Bertz CT molecular complexity index is 2160. The Labute approximate surface area is 352 Å². The van der Waals surface area contributed by atoms with E-state index >= 15 is 8.78 Å². The summed E-state index contributed by atoms with van der Waals surface area (Å²) in [6.45, 7) is 6.66. The van der Waals surface area contributed by atoms with Crippen molar-refractivity contribution in [1.29, 1.82) is 0 Å². The summed E-state index contributed by atoms with van der Waals surface area (Å²) in [5.74, 6) is -2.65. The van der Waals surface area contributed by atoms with Gasteiger partial charge in [0.05, 0.1) is 11.1 Å². The second kappa shape index (κ2) is 19.6. The first kappa shape index (κ1) is 43.9. The molecule has 15 heteroatoms. The molecule has 3 aromatic carbocycles. The lowest BCUT2D eigenvalue weighted by Crippen LogP contribution is -2.62. The van der Waals surface area contributed by atoms with Crippen molar-refractivity contribution in [2.45, 2.75) is 76.9 Å². The van der Waals surface area contributed by atoms with Crippen molar-refractivity contribution >= 4 is 57.5 Å². The van der Waals surface area contributed by atoms with Gasteiger partial charge in [-0.15, -0.1) is 11.3 Å². The highest BCUT2D eigenvalue weighted by Crippen LogP contribution is 2.39. The van der Waals surface area contributed by atoms with Crippen LogP contribution in [0.1, 0.15) is 91.3 Å². The van der Waals surface area contributed by atoms with Crippen LogP contribution >= 0.6 is 23.1 Å². The minimum absolute atomic E-state index is 0.0390. The van der Waals surface area contributed by atoms with Gasteiger partial charge < -0.3 is 20.6 Å². The number of hydrazine groups is 1. The van der Waals surface area contributed by atoms with Crippen molar-refractivity contribution in [2.75, 3.05) is 49.3 Å². The summed E-state index contributed by atoms with van der Waals surface area (Å²) in [5.41, 5.74) is 8.91. The summed E-state index contributed by atoms with van der Waals surface area (Å²) in [7, 11) is 1.77. The minimum Gasteiger partial charge on any atom is -0.478 e. The van der Waals surface area contributed by atoms with Gasteiger partial charge in [-0.3, -0.25) is 24.7 Å². The van der Waals surface area contributed by atoms with Crippen LogP contribution in [0.4, 0.5) is 19.5 Å². The molecule has 0 radical (unpaired) electrons. The van der Waals surface area contributed by atoms with Gasteiger partial charge in [-0.25, -0.2) is 19.0 Å². The maximum absolute atomic E-state index is 15.3. The third kappa shape index (κ3) is 10.7. The molecule has 4 aromatic rings. The van der Waals surface area contributed by atoms with Crippen LogP contribution < -0.4 is 21.5 Å². The number of benzene rings is 3. The molecule has 11 nitrogen and oxygen atoms in total. The molecule has 1 atom stereocenters. The summed E-state index contributed by atoms with van der Waals surface area (Å²) < 4.78 is 30.6. The van der Waals surface area contributed by atoms with Gasteiger partial charge >= 0.3 is 5.97 Å². The van der Waals surface area contributed by atoms with Gasteiger partial charge in [0, 0.05) is 53.4 Å². The lowest BCUT2D eigenvalue weighted by molar-refractivity contribution is -0.139. The van der Waals surface area contributed by atoms with Crippen LogP contribution in [0, 0.1) is 11.6 Å². The van der Waals surface area contributed by atoms with E-state index in [0.717, 1.165) is 65.1 Å². The van der Waals surface area contributed by atoms with Crippen molar-refractivity contribution in [1.82, 2.24) is 20.7 Å². The van der Waals surface area contributed by atoms with Crippen LogP contribution in [0.3, 0.4) is 0 Å². The summed E-state index contributed by atoms with van der Waals surface area (Å²) >= 11 is 3.07. The summed E-state index contributed by atoms with van der Waals surface area (Å²) in [6, 6.07) is 15.4. The molecular weight excluding hydrogens is 795 g/mol. The van der Waals surface area contributed by atoms with Crippen LogP contribution in [0.5, 0.6) is 0 Å². The number of aromatic carboxylic acids is 1. The van der Waals surface area contributed by atoms with Crippen LogP contribution in [0.25, 0.3) is 0 Å². The van der Waals surface area contributed by atoms with E-state index in [0.29, 0.717) is 48.7 Å². The molecule has 2 heterocycles. The van der Waals surface area contributed by atoms with E-state index in [4.69, 9.17) is 5.11 Å². The molecule has 1 unspecified atom stereocenters. The van der Waals surface area contributed by atoms with E-state index in [1.54, 1.807) is 37.0 Å². The lowest BCUT2D eigenvalue weighted by atomic mass is 9.95. The van der Waals surface area contributed by atoms with Crippen LogP contribution in [0.2, 0.25) is 0 Å². The number of carboxylic acids is 1. The highest BCUT2D eigenvalue weighted by atomic mass is 32.2. The Morgan fingerprint density at radius 1 is 0.898 bits per heavy atom. The first-order valence-electron chi connectivity index (χ1n) is 19.9. The van der Waals surface area contributed by atoms with Crippen molar-refractivity contribution < 1.29 is 33.1 Å². The molecule has 1 aliphatic heterocycles. The predicted octanol–water partition coefficient (Wildman–Crippen LogP) is 7.16. The first-order valence-corrected chi connectivity index (χ1v) is 22.1. The van der Waals surface area contributed by atoms with E-state index in [1.807, 2.05) is 29.4 Å². The van der Waals surface area contributed by atoms with Crippen molar-refractivity contribution in [3.05, 3.63) is 116 Å². The summed E-state index contributed by atoms with van der Waals surface area (Å²) in [5, 5.41) is 15.2. The number of carbonyl (C=O) groups is 4. The van der Waals surface area contributed by atoms with Crippen molar-refractivity contribution in [3.8, 4) is 0 Å². The van der Waals surface area contributed by atoms with Gasteiger partial charge in [0.2, 0.25) is 5.91 Å².